The van der Waals surface area contributed by atoms with Crippen molar-refractivity contribution in [1.29, 1.82) is 0 Å². The Morgan fingerprint density at radius 3 is 2.37 bits per heavy atom. The van der Waals surface area contributed by atoms with Crippen molar-refractivity contribution >= 4 is 21.6 Å². The highest BCUT2D eigenvalue weighted by molar-refractivity contribution is 7.88. The Balaban J connectivity index is 1.49. The van der Waals surface area contributed by atoms with Crippen LogP contribution in [0.5, 0.6) is 5.75 Å². The van der Waals surface area contributed by atoms with Crippen LogP contribution in [0.15, 0.2) is 76.2 Å². The molecule has 0 aliphatic heterocycles. The Morgan fingerprint density at radius 2 is 1.70 bits per heavy atom. The smallest absolute Gasteiger partial charge is 0.275 e. The second-order valence-electron chi connectivity index (χ2n) is 6.85. The Morgan fingerprint density at radius 1 is 1.00 bits per heavy atom. The Bertz CT molecular complexity index is 1070. The second kappa shape index (κ2) is 9.60. The molecule has 0 saturated carbocycles. The molecular formula is C22H24N2O5S. The summed E-state index contributed by atoms with van der Waals surface area (Å²) < 4.78 is 36.1. The molecule has 158 valence electrons. The maximum Gasteiger partial charge on any atom is 0.275 e. The highest BCUT2D eigenvalue weighted by Crippen LogP contribution is 2.20. The average Bonchev–Trinajstić information content (AvgIpc) is 3.22. The highest BCUT2D eigenvalue weighted by atomic mass is 32.2. The van der Waals surface area contributed by atoms with Crippen LogP contribution in [0, 0.1) is 0 Å². The number of amides is 1. The molecule has 3 aromatic rings. The van der Waals surface area contributed by atoms with Gasteiger partial charge in [0.05, 0.1) is 0 Å². The van der Waals surface area contributed by atoms with Gasteiger partial charge in [0.1, 0.15) is 18.1 Å². The molecule has 0 spiro atoms. The van der Waals surface area contributed by atoms with Gasteiger partial charge in [0.25, 0.3) is 10.0 Å². The Labute approximate surface area is 176 Å². The molecule has 1 amide bonds. The first-order valence-corrected chi connectivity index (χ1v) is 10.9. The molecule has 7 nitrogen and oxygen atoms in total. The van der Waals surface area contributed by atoms with E-state index in [9.17, 15) is 13.2 Å². The van der Waals surface area contributed by atoms with Crippen LogP contribution in [-0.4, -0.2) is 32.7 Å². The maximum absolute atomic E-state index is 12.1. The molecule has 8 heteroatoms. The third-order valence-corrected chi connectivity index (χ3v) is 6.06. The lowest BCUT2D eigenvalue weighted by atomic mass is 10.1. The minimum atomic E-state index is -3.61. The molecule has 0 aliphatic carbocycles. The van der Waals surface area contributed by atoms with Crippen LogP contribution in [0.3, 0.4) is 0 Å². The molecule has 0 fully saturated rings. The molecule has 0 saturated heterocycles. The van der Waals surface area contributed by atoms with Crippen LogP contribution >= 0.6 is 0 Å². The summed E-state index contributed by atoms with van der Waals surface area (Å²) in [5, 5.41) is 2.73. The zero-order valence-electron chi connectivity index (χ0n) is 16.9. The average molecular weight is 429 g/mol. The van der Waals surface area contributed by atoms with Gasteiger partial charge in [-0.2, -0.15) is 0 Å². The minimum Gasteiger partial charge on any atom is -0.486 e. The number of ether oxygens (including phenoxy) is 1. The van der Waals surface area contributed by atoms with Gasteiger partial charge in [-0.1, -0.05) is 30.3 Å². The quantitative estimate of drug-likeness (QED) is 0.562. The van der Waals surface area contributed by atoms with Crippen molar-refractivity contribution in [2.45, 2.75) is 24.5 Å². The van der Waals surface area contributed by atoms with Gasteiger partial charge in [-0.3, -0.25) is 4.79 Å². The number of anilines is 1. The van der Waals surface area contributed by atoms with E-state index in [1.165, 1.54) is 20.2 Å². The Hall–Kier alpha value is -3.10. The van der Waals surface area contributed by atoms with Gasteiger partial charge in [0.2, 0.25) is 11.0 Å². The molecule has 1 heterocycles. The summed E-state index contributed by atoms with van der Waals surface area (Å²) in [5.41, 5.74) is 1.80. The number of nitrogens with zero attached hydrogens (tertiary/aromatic N) is 1. The first kappa shape index (κ1) is 21.6. The van der Waals surface area contributed by atoms with Crippen LogP contribution in [-0.2, 0) is 27.8 Å². The molecule has 1 aromatic heterocycles. The third-order valence-electron chi connectivity index (χ3n) is 4.37. The van der Waals surface area contributed by atoms with Gasteiger partial charge >= 0.3 is 0 Å². The van der Waals surface area contributed by atoms with E-state index in [0.717, 1.165) is 9.87 Å². The number of benzene rings is 2. The molecule has 0 radical (unpaired) electrons. The van der Waals surface area contributed by atoms with Crippen molar-refractivity contribution in [2.24, 2.45) is 0 Å². The summed E-state index contributed by atoms with van der Waals surface area (Å²) >= 11 is 0. The van der Waals surface area contributed by atoms with E-state index in [1.807, 2.05) is 30.3 Å². The molecule has 0 bridgehead atoms. The van der Waals surface area contributed by atoms with Crippen molar-refractivity contribution in [3.63, 3.8) is 0 Å². The van der Waals surface area contributed by atoms with Gasteiger partial charge in [-0.05, 0) is 48.4 Å². The first-order valence-electron chi connectivity index (χ1n) is 9.42. The van der Waals surface area contributed by atoms with Crippen LogP contribution in [0.25, 0.3) is 0 Å². The minimum absolute atomic E-state index is 0.0577. The normalized spacial score (nSPS) is 11.4. The molecular weight excluding hydrogens is 404 g/mol. The van der Waals surface area contributed by atoms with Crippen molar-refractivity contribution in [3.05, 3.63) is 78.1 Å². The fourth-order valence-electron chi connectivity index (χ4n) is 2.67. The second-order valence-corrected chi connectivity index (χ2v) is 8.94. The van der Waals surface area contributed by atoms with Gasteiger partial charge in [0.15, 0.2) is 0 Å². The summed E-state index contributed by atoms with van der Waals surface area (Å²) in [5.74, 6) is 0.914. The monoisotopic (exact) mass is 428 g/mol. The fraction of sp³-hybridized carbons (Fsp3) is 0.227. The van der Waals surface area contributed by atoms with E-state index < -0.39 is 10.0 Å². The van der Waals surface area contributed by atoms with E-state index in [1.54, 1.807) is 30.3 Å². The van der Waals surface area contributed by atoms with Gasteiger partial charge in [-0.15, -0.1) is 0 Å². The third kappa shape index (κ3) is 5.71. The lowest BCUT2D eigenvalue weighted by molar-refractivity contribution is -0.116. The SMILES string of the molecule is CN(C)S(=O)(=O)c1ccc(COc2ccc(NC(=O)CCc3ccccc3)cc2)o1. The lowest BCUT2D eigenvalue weighted by Crippen LogP contribution is -2.21. The van der Waals surface area contributed by atoms with Crippen molar-refractivity contribution in [2.75, 3.05) is 19.4 Å². The van der Waals surface area contributed by atoms with Gasteiger partial charge in [0, 0.05) is 26.2 Å². The van der Waals surface area contributed by atoms with E-state index in [-0.39, 0.29) is 17.6 Å². The largest absolute Gasteiger partial charge is 0.486 e. The number of carbonyl (C=O) groups is 1. The van der Waals surface area contributed by atoms with Crippen molar-refractivity contribution in [1.82, 2.24) is 4.31 Å². The molecule has 3 rings (SSSR count). The summed E-state index contributed by atoms with van der Waals surface area (Å²) in [6, 6.07) is 19.8. The van der Waals surface area contributed by atoms with Crippen LogP contribution in [0.4, 0.5) is 5.69 Å². The number of hydrogen-bond acceptors (Lipinski definition) is 5. The van der Waals surface area contributed by atoms with Crippen LogP contribution in [0.2, 0.25) is 0 Å². The van der Waals surface area contributed by atoms with E-state index >= 15 is 0 Å². The number of carbonyl (C=O) groups excluding carboxylic acids is 1. The predicted molar refractivity (Wildman–Crippen MR) is 114 cm³/mol. The number of furan rings is 1. The summed E-state index contributed by atoms with van der Waals surface area (Å²) in [6.07, 6.45) is 1.08. The molecule has 0 unspecified atom stereocenters. The van der Waals surface area contributed by atoms with Crippen molar-refractivity contribution < 1.29 is 22.4 Å². The zero-order valence-corrected chi connectivity index (χ0v) is 17.7. The molecule has 2 aromatic carbocycles. The maximum atomic E-state index is 12.1. The number of nitrogens with one attached hydrogen (secondary N) is 1. The standard InChI is InChI=1S/C22H24N2O5S/c1-24(2)30(26,27)22-15-13-20(29-22)16-28-19-11-9-18(10-12-19)23-21(25)14-8-17-6-4-3-5-7-17/h3-7,9-13,15H,8,14,16H2,1-2H3,(H,23,25). The fourth-order valence-corrected chi connectivity index (χ4v) is 3.48. The number of sulfonamides is 1. The van der Waals surface area contributed by atoms with E-state index in [0.29, 0.717) is 30.0 Å². The first-order chi connectivity index (χ1) is 14.3. The zero-order chi connectivity index (χ0) is 21.6. The van der Waals surface area contributed by atoms with Gasteiger partial charge in [-0.25, -0.2) is 12.7 Å². The van der Waals surface area contributed by atoms with Crippen molar-refractivity contribution in [3.8, 4) is 5.75 Å². The Kier molecular flexibility index (Phi) is 6.91. The number of aryl methyl sites for hydroxylation is 1. The molecule has 0 atom stereocenters. The summed E-state index contributed by atoms with van der Waals surface area (Å²) in [4.78, 5) is 12.1. The molecule has 0 aliphatic rings. The molecule has 1 N–H and O–H groups in total. The van der Waals surface area contributed by atoms with Crippen LogP contribution < -0.4 is 10.1 Å². The van der Waals surface area contributed by atoms with E-state index in [2.05, 4.69) is 5.32 Å². The highest BCUT2D eigenvalue weighted by Gasteiger charge is 2.21. The summed E-state index contributed by atoms with van der Waals surface area (Å²) in [6.45, 7) is 0.0890. The summed E-state index contributed by atoms with van der Waals surface area (Å²) in [7, 11) is -0.727. The van der Waals surface area contributed by atoms with Gasteiger partial charge < -0.3 is 14.5 Å². The number of rotatable bonds is 9. The van der Waals surface area contributed by atoms with Crippen LogP contribution in [0.1, 0.15) is 17.7 Å². The molecule has 30 heavy (non-hydrogen) atoms. The lowest BCUT2D eigenvalue weighted by Gasteiger charge is -2.09. The number of hydrogen-bond donors (Lipinski definition) is 1. The topological polar surface area (TPSA) is 88.9 Å². The predicted octanol–water partition coefficient (Wildman–Crippen LogP) is 3.68. The van der Waals surface area contributed by atoms with E-state index in [4.69, 9.17) is 9.15 Å².